The molecule has 0 unspecified atom stereocenters. The van der Waals surface area contributed by atoms with Crippen LogP contribution >= 0.6 is 15.9 Å². The Balaban J connectivity index is 2.38. The largest absolute Gasteiger partial charge is 0.324 e. The number of halogens is 1. The normalized spacial score (nSPS) is 9.78. The maximum Gasteiger partial charge on any atom is 0.150 e. The lowest BCUT2D eigenvalue weighted by atomic mass is 10.2. The zero-order valence-corrected chi connectivity index (χ0v) is 11.2. The van der Waals surface area contributed by atoms with Crippen LogP contribution < -0.4 is 4.90 Å². The number of hydrogen-bond donors (Lipinski definition) is 0. The number of para-hydroxylation sites is 1. The van der Waals surface area contributed by atoms with Crippen LogP contribution in [-0.4, -0.2) is 16.5 Å². The molecule has 1 aromatic carbocycles. The van der Waals surface area contributed by atoms with Gasteiger partial charge in [0.2, 0.25) is 0 Å². The second kappa shape index (κ2) is 6.12. The molecule has 2 aromatic rings. The Hall–Kier alpha value is -1.93. The molecule has 0 N–H and O–H groups in total. The SMILES string of the molecule is N#CCCN(c1ccccc1)c1ncncc1Br. The van der Waals surface area contributed by atoms with E-state index in [0.717, 1.165) is 16.0 Å². The third kappa shape index (κ3) is 2.84. The molecule has 5 heteroatoms. The van der Waals surface area contributed by atoms with Crippen LogP contribution in [0, 0.1) is 11.3 Å². The molecule has 0 saturated heterocycles. The summed E-state index contributed by atoms with van der Waals surface area (Å²) < 4.78 is 0.812. The van der Waals surface area contributed by atoms with Gasteiger partial charge >= 0.3 is 0 Å². The number of hydrogen-bond acceptors (Lipinski definition) is 4. The van der Waals surface area contributed by atoms with Gasteiger partial charge in [-0.15, -0.1) is 0 Å². The van der Waals surface area contributed by atoms with Crippen LogP contribution in [0.3, 0.4) is 0 Å². The summed E-state index contributed by atoms with van der Waals surface area (Å²) >= 11 is 3.44. The summed E-state index contributed by atoms with van der Waals surface area (Å²) in [7, 11) is 0. The number of benzene rings is 1. The van der Waals surface area contributed by atoms with Gasteiger partial charge in [0.1, 0.15) is 6.33 Å². The zero-order chi connectivity index (χ0) is 12.8. The van der Waals surface area contributed by atoms with Gasteiger partial charge in [-0.25, -0.2) is 9.97 Å². The number of nitriles is 1. The van der Waals surface area contributed by atoms with E-state index in [1.165, 1.54) is 6.33 Å². The highest BCUT2D eigenvalue weighted by Crippen LogP contribution is 2.29. The number of anilines is 2. The Labute approximate surface area is 114 Å². The Kier molecular flexibility index (Phi) is 4.26. The monoisotopic (exact) mass is 302 g/mol. The highest BCUT2D eigenvalue weighted by atomic mass is 79.9. The molecule has 0 radical (unpaired) electrons. The van der Waals surface area contributed by atoms with Gasteiger partial charge in [0.15, 0.2) is 5.82 Å². The smallest absolute Gasteiger partial charge is 0.150 e. The van der Waals surface area contributed by atoms with Crippen molar-refractivity contribution in [2.75, 3.05) is 11.4 Å². The van der Waals surface area contributed by atoms with Crippen molar-refractivity contribution < 1.29 is 0 Å². The predicted octanol–water partition coefficient (Wildman–Crippen LogP) is 3.29. The maximum absolute atomic E-state index is 8.76. The Morgan fingerprint density at radius 2 is 2.06 bits per heavy atom. The highest BCUT2D eigenvalue weighted by Gasteiger charge is 2.13. The van der Waals surface area contributed by atoms with Crippen molar-refractivity contribution >= 4 is 27.4 Å². The fourth-order valence-electron chi connectivity index (χ4n) is 1.63. The average Bonchev–Trinajstić information content (AvgIpc) is 2.42. The van der Waals surface area contributed by atoms with Gasteiger partial charge in [0.05, 0.1) is 17.0 Å². The van der Waals surface area contributed by atoms with Gasteiger partial charge in [-0.05, 0) is 28.1 Å². The molecule has 4 nitrogen and oxygen atoms in total. The van der Waals surface area contributed by atoms with Crippen molar-refractivity contribution in [3.63, 3.8) is 0 Å². The van der Waals surface area contributed by atoms with E-state index in [9.17, 15) is 0 Å². The van der Waals surface area contributed by atoms with Crippen LogP contribution in [0.15, 0.2) is 47.3 Å². The van der Waals surface area contributed by atoms with E-state index in [0.29, 0.717) is 13.0 Å². The second-order valence-corrected chi connectivity index (χ2v) is 4.44. The van der Waals surface area contributed by atoms with Crippen LogP contribution in [0.1, 0.15) is 6.42 Å². The van der Waals surface area contributed by atoms with Crippen molar-refractivity contribution in [2.24, 2.45) is 0 Å². The molecule has 1 aromatic heterocycles. The molecule has 18 heavy (non-hydrogen) atoms. The molecule has 0 aliphatic heterocycles. The number of nitrogens with zero attached hydrogens (tertiary/aromatic N) is 4. The van der Waals surface area contributed by atoms with Crippen LogP contribution in [0.2, 0.25) is 0 Å². The number of rotatable bonds is 4. The molecule has 0 aliphatic carbocycles. The lowest BCUT2D eigenvalue weighted by molar-refractivity contribution is 0.915. The lowest BCUT2D eigenvalue weighted by Crippen LogP contribution is -2.19. The molecular weight excluding hydrogens is 292 g/mol. The summed E-state index contributed by atoms with van der Waals surface area (Å²) in [6.07, 6.45) is 3.64. The molecule has 1 heterocycles. The summed E-state index contributed by atoms with van der Waals surface area (Å²) in [4.78, 5) is 10.2. The first-order chi connectivity index (χ1) is 8.83. The molecule has 0 aliphatic rings. The zero-order valence-electron chi connectivity index (χ0n) is 9.62. The van der Waals surface area contributed by atoms with E-state index in [1.807, 2.05) is 35.2 Å². The average molecular weight is 303 g/mol. The molecule has 0 saturated carbocycles. The molecular formula is C13H11BrN4. The third-order valence-corrected chi connectivity index (χ3v) is 2.98. The van der Waals surface area contributed by atoms with E-state index >= 15 is 0 Å². The Morgan fingerprint density at radius 3 is 2.72 bits per heavy atom. The van der Waals surface area contributed by atoms with Crippen LogP contribution in [0.5, 0.6) is 0 Å². The minimum atomic E-state index is 0.436. The van der Waals surface area contributed by atoms with Crippen molar-refractivity contribution in [2.45, 2.75) is 6.42 Å². The van der Waals surface area contributed by atoms with E-state index in [1.54, 1.807) is 6.20 Å². The fraction of sp³-hybridized carbons (Fsp3) is 0.154. The number of aromatic nitrogens is 2. The maximum atomic E-state index is 8.76. The first kappa shape index (κ1) is 12.5. The van der Waals surface area contributed by atoms with Crippen molar-refractivity contribution in [1.29, 1.82) is 5.26 Å². The first-order valence-electron chi connectivity index (χ1n) is 5.48. The summed E-state index contributed by atoms with van der Waals surface area (Å²) in [5, 5.41) is 8.76. The standard InChI is InChI=1S/C13H11BrN4/c14-12-9-16-10-17-13(12)18(8-4-7-15)11-5-2-1-3-6-11/h1-3,5-6,9-10H,4,8H2. The summed E-state index contributed by atoms with van der Waals surface area (Å²) in [5.41, 5.74) is 1.01. The van der Waals surface area contributed by atoms with Crippen LogP contribution in [-0.2, 0) is 0 Å². The first-order valence-corrected chi connectivity index (χ1v) is 6.27. The van der Waals surface area contributed by atoms with Crippen LogP contribution in [0.25, 0.3) is 0 Å². The predicted molar refractivity (Wildman–Crippen MR) is 73.4 cm³/mol. The van der Waals surface area contributed by atoms with E-state index in [4.69, 9.17) is 5.26 Å². The lowest BCUT2D eigenvalue weighted by Gasteiger charge is -2.23. The molecule has 2 rings (SSSR count). The third-order valence-electron chi connectivity index (χ3n) is 2.42. The van der Waals surface area contributed by atoms with Gasteiger partial charge in [0, 0.05) is 18.4 Å². The molecule has 0 spiro atoms. The van der Waals surface area contributed by atoms with Crippen molar-refractivity contribution in [3.8, 4) is 6.07 Å². The summed E-state index contributed by atoms with van der Waals surface area (Å²) in [6, 6.07) is 12.0. The highest BCUT2D eigenvalue weighted by molar-refractivity contribution is 9.10. The van der Waals surface area contributed by atoms with Gasteiger partial charge < -0.3 is 4.90 Å². The molecule has 0 bridgehead atoms. The van der Waals surface area contributed by atoms with Gasteiger partial charge in [-0.2, -0.15) is 5.26 Å². The Bertz CT molecular complexity index is 550. The summed E-state index contributed by atoms with van der Waals surface area (Å²) in [6.45, 7) is 0.593. The molecule has 0 atom stereocenters. The minimum absolute atomic E-state index is 0.436. The van der Waals surface area contributed by atoms with E-state index in [2.05, 4.69) is 32.0 Å². The van der Waals surface area contributed by atoms with Gasteiger partial charge in [0.25, 0.3) is 0 Å². The van der Waals surface area contributed by atoms with Gasteiger partial charge in [-0.1, -0.05) is 18.2 Å². The van der Waals surface area contributed by atoms with Crippen molar-refractivity contribution in [3.05, 3.63) is 47.3 Å². The summed E-state index contributed by atoms with van der Waals surface area (Å²) in [5.74, 6) is 0.770. The molecule has 0 fully saturated rings. The fourth-order valence-corrected chi connectivity index (χ4v) is 2.07. The Morgan fingerprint density at radius 1 is 1.28 bits per heavy atom. The van der Waals surface area contributed by atoms with Gasteiger partial charge in [-0.3, -0.25) is 0 Å². The minimum Gasteiger partial charge on any atom is -0.324 e. The van der Waals surface area contributed by atoms with Crippen LogP contribution in [0.4, 0.5) is 11.5 Å². The van der Waals surface area contributed by atoms with E-state index < -0.39 is 0 Å². The quantitative estimate of drug-likeness (QED) is 0.869. The molecule has 90 valence electrons. The molecule has 0 amide bonds. The topological polar surface area (TPSA) is 52.8 Å². The van der Waals surface area contributed by atoms with E-state index in [-0.39, 0.29) is 0 Å². The second-order valence-electron chi connectivity index (χ2n) is 3.59. The van der Waals surface area contributed by atoms with Crippen molar-refractivity contribution in [1.82, 2.24) is 9.97 Å².